The number of nitrogen functional groups attached to an aromatic ring is 1. The largest absolute Gasteiger partial charge is 0.496 e. The van der Waals surface area contributed by atoms with Gasteiger partial charge < -0.3 is 20.1 Å². The lowest BCUT2D eigenvalue weighted by Crippen LogP contribution is -2.37. The second kappa shape index (κ2) is 7.31. The minimum absolute atomic E-state index is 0.356. The van der Waals surface area contributed by atoms with Crippen LogP contribution in [0.1, 0.15) is 36.0 Å². The smallest absolute Gasteiger partial charge is 0.341 e. The van der Waals surface area contributed by atoms with Gasteiger partial charge in [-0.05, 0) is 45.0 Å². The normalized spacial score (nSPS) is 19.2. The Labute approximate surface area is 126 Å². The number of benzene rings is 1. The zero-order valence-corrected chi connectivity index (χ0v) is 12.8. The highest BCUT2D eigenvalue weighted by molar-refractivity contribution is 5.93. The summed E-state index contributed by atoms with van der Waals surface area (Å²) in [5.41, 5.74) is 6.66. The van der Waals surface area contributed by atoms with Gasteiger partial charge in [0.15, 0.2) is 0 Å². The number of esters is 1. The van der Waals surface area contributed by atoms with E-state index in [1.807, 2.05) is 0 Å². The fourth-order valence-electron chi connectivity index (χ4n) is 2.75. The molecule has 5 heteroatoms. The van der Waals surface area contributed by atoms with E-state index in [0.717, 1.165) is 13.0 Å². The summed E-state index contributed by atoms with van der Waals surface area (Å²) in [7, 11) is 3.65. The number of hydrogen-bond donors (Lipinski definition) is 1. The fourth-order valence-corrected chi connectivity index (χ4v) is 2.75. The van der Waals surface area contributed by atoms with E-state index in [1.165, 1.54) is 26.4 Å². The van der Waals surface area contributed by atoms with Crippen LogP contribution in [0.25, 0.3) is 0 Å². The quantitative estimate of drug-likeness (QED) is 0.666. The topological polar surface area (TPSA) is 64.8 Å². The first-order chi connectivity index (χ1) is 10.1. The molecule has 1 aromatic rings. The van der Waals surface area contributed by atoms with Crippen LogP contribution < -0.4 is 10.5 Å². The molecule has 1 unspecified atom stereocenters. The average molecular weight is 292 g/mol. The maximum atomic E-state index is 12.1. The number of nitrogens with zero attached hydrogens (tertiary/aromatic N) is 1. The molecule has 1 fully saturated rings. The van der Waals surface area contributed by atoms with Crippen molar-refractivity contribution >= 4 is 11.7 Å². The monoisotopic (exact) mass is 292 g/mol. The van der Waals surface area contributed by atoms with E-state index in [0.29, 0.717) is 29.6 Å². The number of carbonyl (C=O) groups is 1. The first kappa shape index (κ1) is 15.6. The zero-order valence-electron chi connectivity index (χ0n) is 12.8. The molecule has 0 aliphatic carbocycles. The number of hydrogen-bond acceptors (Lipinski definition) is 5. The van der Waals surface area contributed by atoms with Crippen molar-refractivity contribution < 1.29 is 14.3 Å². The van der Waals surface area contributed by atoms with Crippen LogP contribution in [-0.4, -0.2) is 44.2 Å². The summed E-state index contributed by atoms with van der Waals surface area (Å²) in [6.45, 7) is 1.56. The Kier molecular flexibility index (Phi) is 5.44. The van der Waals surface area contributed by atoms with Crippen LogP contribution >= 0.6 is 0 Å². The van der Waals surface area contributed by atoms with Crippen LogP contribution in [0.5, 0.6) is 5.75 Å². The highest BCUT2D eigenvalue weighted by atomic mass is 16.5. The van der Waals surface area contributed by atoms with Gasteiger partial charge in [-0.25, -0.2) is 4.79 Å². The predicted molar refractivity (Wildman–Crippen MR) is 82.6 cm³/mol. The molecule has 2 N–H and O–H groups in total. The Morgan fingerprint density at radius 2 is 2.24 bits per heavy atom. The third kappa shape index (κ3) is 4.11. The van der Waals surface area contributed by atoms with E-state index in [9.17, 15) is 4.79 Å². The van der Waals surface area contributed by atoms with Crippen LogP contribution in [0.15, 0.2) is 18.2 Å². The molecular formula is C16H24N2O3. The van der Waals surface area contributed by atoms with Crippen molar-refractivity contribution in [2.45, 2.75) is 31.7 Å². The van der Waals surface area contributed by atoms with E-state index in [1.54, 1.807) is 18.2 Å². The molecule has 2 rings (SSSR count). The number of nitrogens with two attached hydrogens (primary N) is 1. The molecule has 116 valence electrons. The van der Waals surface area contributed by atoms with Crippen molar-refractivity contribution in [2.24, 2.45) is 0 Å². The van der Waals surface area contributed by atoms with E-state index < -0.39 is 0 Å². The molecule has 1 aliphatic rings. The van der Waals surface area contributed by atoms with Gasteiger partial charge in [-0.1, -0.05) is 6.42 Å². The Morgan fingerprint density at radius 1 is 1.43 bits per heavy atom. The lowest BCUT2D eigenvalue weighted by Gasteiger charge is -2.32. The molecule has 0 radical (unpaired) electrons. The van der Waals surface area contributed by atoms with Gasteiger partial charge in [0.25, 0.3) is 0 Å². The van der Waals surface area contributed by atoms with Gasteiger partial charge in [-0.2, -0.15) is 0 Å². The molecule has 1 aliphatic heterocycles. The number of piperidine rings is 1. The summed E-state index contributed by atoms with van der Waals surface area (Å²) < 4.78 is 10.5. The molecule has 1 aromatic carbocycles. The van der Waals surface area contributed by atoms with Crippen LogP contribution in [0, 0.1) is 0 Å². The van der Waals surface area contributed by atoms with Gasteiger partial charge in [-0.15, -0.1) is 0 Å². The molecule has 5 nitrogen and oxygen atoms in total. The average Bonchev–Trinajstić information content (AvgIpc) is 2.48. The lowest BCUT2D eigenvalue weighted by atomic mass is 10.0. The molecule has 0 bridgehead atoms. The summed E-state index contributed by atoms with van der Waals surface area (Å²) in [6, 6.07) is 5.46. The minimum Gasteiger partial charge on any atom is -0.496 e. The van der Waals surface area contributed by atoms with Gasteiger partial charge in [-0.3, -0.25) is 0 Å². The number of methoxy groups -OCH3 is 1. The van der Waals surface area contributed by atoms with Crippen LogP contribution in [0.2, 0.25) is 0 Å². The summed E-state index contributed by atoms with van der Waals surface area (Å²) in [5.74, 6) is 0.0973. The summed E-state index contributed by atoms with van der Waals surface area (Å²) in [6.07, 6.45) is 4.57. The van der Waals surface area contributed by atoms with E-state index in [2.05, 4.69) is 11.9 Å². The second-order valence-electron chi connectivity index (χ2n) is 5.51. The zero-order chi connectivity index (χ0) is 15.2. The molecule has 0 amide bonds. The maximum Gasteiger partial charge on any atom is 0.341 e. The standard InChI is InChI=1S/C16H24N2O3/c1-18-9-4-3-5-13(18)8-10-21-16(19)14-7-6-12(17)11-15(14)20-2/h6-7,11,13H,3-5,8-10,17H2,1-2H3. The van der Waals surface area contributed by atoms with Crippen molar-refractivity contribution in [1.29, 1.82) is 0 Å². The molecule has 1 heterocycles. The SMILES string of the molecule is COc1cc(N)ccc1C(=O)OCCC1CCCCN1C. The number of anilines is 1. The van der Waals surface area contributed by atoms with Gasteiger partial charge in [0, 0.05) is 17.8 Å². The highest BCUT2D eigenvalue weighted by Crippen LogP contribution is 2.23. The predicted octanol–water partition coefficient (Wildman–Crippen LogP) is 2.31. The molecule has 1 atom stereocenters. The first-order valence-electron chi connectivity index (χ1n) is 7.42. The van der Waals surface area contributed by atoms with Crippen LogP contribution in [-0.2, 0) is 4.74 Å². The van der Waals surface area contributed by atoms with Crippen molar-refractivity contribution in [2.75, 3.05) is 33.0 Å². The Bertz CT molecular complexity index is 490. The van der Waals surface area contributed by atoms with E-state index >= 15 is 0 Å². The van der Waals surface area contributed by atoms with Crippen LogP contribution in [0.3, 0.4) is 0 Å². The van der Waals surface area contributed by atoms with Gasteiger partial charge in [0.05, 0.1) is 13.7 Å². The lowest BCUT2D eigenvalue weighted by molar-refractivity contribution is 0.0446. The van der Waals surface area contributed by atoms with Crippen molar-refractivity contribution in [3.8, 4) is 5.75 Å². The molecule has 0 aromatic heterocycles. The van der Waals surface area contributed by atoms with E-state index in [-0.39, 0.29) is 5.97 Å². The summed E-state index contributed by atoms with van der Waals surface area (Å²) >= 11 is 0. The molecule has 1 saturated heterocycles. The van der Waals surface area contributed by atoms with Crippen molar-refractivity contribution in [1.82, 2.24) is 4.90 Å². The van der Waals surface area contributed by atoms with Crippen LogP contribution in [0.4, 0.5) is 5.69 Å². The molecule has 0 spiro atoms. The number of carbonyl (C=O) groups excluding carboxylic acids is 1. The third-order valence-corrected chi connectivity index (χ3v) is 4.05. The van der Waals surface area contributed by atoms with Gasteiger partial charge in [0.1, 0.15) is 11.3 Å². The number of ether oxygens (including phenoxy) is 2. The Morgan fingerprint density at radius 3 is 2.95 bits per heavy atom. The first-order valence-corrected chi connectivity index (χ1v) is 7.42. The second-order valence-corrected chi connectivity index (χ2v) is 5.51. The highest BCUT2D eigenvalue weighted by Gasteiger charge is 2.20. The van der Waals surface area contributed by atoms with Gasteiger partial charge in [0.2, 0.25) is 0 Å². The van der Waals surface area contributed by atoms with Crippen molar-refractivity contribution in [3.05, 3.63) is 23.8 Å². The minimum atomic E-state index is -0.356. The fraction of sp³-hybridized carbons (Fsp3) is 0.562. The molecule has 21 heavy (non-hydrogen) atoms. The van der Waals surface area contributed by atoms with E-state index in [4.69, 9.17) is 15.2 Å². The van der Waals surface area contributed by atoms with Crippen molar-refractivity contribution in [3.63, 3.8) is 0 Å². The Balaban J connectivity index is 1.87. The molecular weight excluding hydrogens is 268 g/mol. The Hall–Kier alpha value is -1.75. The van der Waals surface area contributed by atoms with Gasteiger partial charge >= 0.3 is 5.97 Å². The summed E-state index contributed by atoms with van der Waals surface area (Å²) in [4.78, 5) is 14.5. The maximum absolute atomic E-state index is 12.1. The summed E-state index contributed by atoms with van der Waals surface area (Å²) in [5, 5.41) is 0. The molecule has 0 saturated carbocycles. The number of rotatable bonds is 5. The third-order valence-electron chi connectivity index (χ3n) is 4.05. The number of likely N-dealkylation sites (tertiary alicyclic amines) is 1.